The van der Waals surface area contributed by atoms with Crippen LogP contribution in [0.2, 0.25) is 0 Å². The van der Waals surface area contributed by atoms with E-state index in [0.29, 0.717) is 18.0 Å². The molecular weight excluding hydrogens is 236 g/mol. The maximum atomic E-state index is 5.83. The predicted octanol–water partition coefficient (Wildman–Crippen LogP) is 2.73. The van der Waals surface area contributed by atoms with Crippen molar-refractivity contribution >= 4 is 0 Å². The van der Waals surface area contributed by atoms with Crippen LogP contribution in [0.25, 0.3) is 0 Å². The molecule has 0 aromatic heterocycles. The topological polar surface area (TPSA) is 38.5 Å². The van der Waals surface area contributed by atoms with E-state index in [1.807, 2.05) is 0 Å². The lowest BCUT2D eigenvalue weighted by Gasteiger charge is -2.30. The van der Waals surface area contributed by atoms with E-state index in [2.05, 4.69) is 43.9 Å². The van der Waals surface area contributed by atoms with E-state index in [1.165, 1.54) is 17.5 Å². The van der Waals surface area contributed by atoms with Crippen LogP contribution in [0.5, 0.6) is 5.75 Å². The summed E-state index contributed by atoms with van der Waals surface area (Å²) < 4.78 is 5.52. The van der Waals surface area contributed by atoms with Gasteiger partial charge in [-0.1, -0.05) is 17.7 Å². The van der Waals surface area contributed by atoms with E-state index in [0.717, 1.165) is 18.8 Å². The molecule has 3 heteroatoms. The van der Waals surface area contributed by atoms with E-state index in [9.17, 15) is 0 Å². The van der Waals surface area contributed by atoms with Crippen molar-refractivity contribution in [1.82, 2.24) is 4.90 Å². The smallest absolute Gasteiger partial charge is 0.123 e. The number of ether oxygens (including phenoxy) is 1. The van der Waals surface area contributed by atoms with Crippen molar-refractivity contribution in [2.45, 2.75) is 39.3 Å². The van der Waals surface area contributed by atoms with E-state index in [1.54, 1.807) is 7.11 Å². The first kappa shape index (κ1) is 14.4. The molecule has 19 heavy (non-hydrogen) atoms. The molecule has 3 unspecified atom stereocenters. The van der Waals surface area contributed by atoms with Crippen LogP contribution in [-0.4, -0.2) is 31.1 Å². The maximum Gasteiger partial charge on any atom is 0.123 e. The molecule has 1 saturated heterocycles. The highest BCUT2D eigenvalue weighted by atomic mass is 16.5. The Bertz CT molecular complexity index is 433. The van der Waals surface area contributed by atoms with Crippen molar-refractivity contribution in [3.05, 3.63) is 29.3 Å². The molecule has 0 saturated carbocycles. The Morgan fingerprint density at radius 1 is 1.47 bits per heavy atom. The molecule has 2 N–H and O–H groups in total. The normalized spacial score (nSPS) is 25.5. The highest BCUT2D eigenvalue weighted by Gasteiger charge is 2.32. The zero-order valence-electron chi connectivity index (χ0n) is 12.5. The minimum atomic E-state index is 0.376. The van der Waals surface area contributed by atoms with Crippen molar-refractivity contribution in [1.29, 1.82) is 0 Å². The molecule has 2 rings (SSSR count). The lowest BCUT2D eigenvalue weighted by Crippen LogP contribution is -2.31. The average Bonchev–Trinajstić information content (AvgIpc) is 2.79. The van der Waals surface area contributed by atoms with Crippen LogP contribution < -0.4 is 10.5 Å². The number of aryl methyl sites for hydroxylation is 1. The Hall–Kier alpha value is -1.06. The van der Waals surface area contributed by atoms with E-state index < -0.39 is 0 Å². The highest BCUT2D eigenvalue weighted by Crippen LogP contribution is 2.35. The van der Waals surface area contributed by atoms with Gasteiger partial charge in [0.25, 0.3) is 0 Å². The minimum Gasteiger partial charge on any atom is -0.496 e. The van der Waals surface area contributed by atoms with Crippen LogP contribution in [0, 0.1) is 12.8 Å². The Balaban J connectivity index is 2.24. The molecule has 0 radical (unpaired) electrons. The molecular formula is C16H26N2O. The molecule has 1 aliphatic heterocycles. The molecule has 0 spiro atoms. The van der Waals surface area contributed by atoms with Gasteiger partial charge in [0.15, 0.2) is 0 Å². The first-order chi connectivity index (χ1) is 9.06. The van der Waals surface area contributed by atoms with Gasteiger partial charge < -0.3 is 10.5 Å². The second-order valence-electron chi connectivity index (χ2n) is 5.80. The molecule has 106 valence electrons. The molecule has 0 aliphatic carbocycles. The fraction of sp³-hybridized carbons (Fsp3) is 0.625. The van der Waals surface area contributed by atoms with Gasteiger partial charge in [0.1, 0.15) is 5.75 Å². The highest BCUT2D eigenvalue weighted by molar-refractivity contribution is 5.39. The van der Waals surface area contributed by atoms with Crippen LogP contribution in [-0.2, 0) is 0 Å². The Morgan fingerprint density at radius 3 is 2.79 bits per heavy atom. The number of methoxy groups -OCH3 is 1. The summed E-state index contributed by atoms with van der Waals surface area (Å²) in [5, 5.41) is 0. The van der Waals surface area contributed by atoms with Crippen molar-refractivity contribution in [2.24, 2.45) is 11.7 Å². The van der Waals surface area contributed by atoms with Crippen LogP contribution in [0.15, 0.2) is 18.2 Å². The zero-order chi connectivity index (χ0) is 14.0. The molecule has 1 aromatic rings. The van der Waals surface area contributed by atoms with Crippen molar-refractivity contribution in [3.8, 4) is 5.75 Å². The number of nitrogens with two attached hydrogens (primary N) is 1. The molecule has 0 amide bonds. The molecule has 3 nitrogen and oxygen atoms in total. The molecule has 0 bridgehead atoms. The summed E-state index contributed by atoms with van der Waals surface area (Å²) in [6.07, 6.45) is 1.20. The number of nitrogens with zero attached hydrogens (tertiary/aromatic N) is 1. The van der Waals surface area contributed by atoms with Crippen molar-refractivity contribution < 1.29 is 4.74 Å². The number of hydrogen-bond donors (Lipinski definition) is 1. The van der Waals surface area contributed by atoms with Gasteiger partial charge in [-0.25, -0.2) is 0 Å². The molecule has 1 aromatic carbocycles. The zero-order valence-corrected chi connectivity index (χ0v) is 12.5. The summed E-state index contributed by atoms with van der Waals surface area (Å²) in [7, 11) is 1.75. The first-order valence-electron chi connectivity index (χ1n) is 7.17. The second kappa shape index (κ2) is 5.93. The Labute approximate surface area is 116 Å². The molecule has 1 fully saturated rings. The SMILES string of the molecule is COc1ccc(C)cc1C(C)N1CC(CN)CC1C. The van der Waals surface area contributed by atoms with Gasteiger partial charge in [0.05, 0.1) is 7.11 Å². The van der Waals surface area contributed by atoms with Crippen LogP contribution in [0.3, 0.4) is 0 Å². The van der Waals surface area contributed by atoms with Gasteiger partial charge in [-0.05, 0) is 45.7 Å². The largest absolute Gasteiger partial charge is 0.496 e. The summed E-state index contributed by atoms with van der Waals surface area (Å²) in [6, 6.07) is 7.38. The standard InChI is InChI=1S/C16H26N2O/c1-11-5-6-16(19-4)15(7-11)13(3)18-10-14(9-17)8-12(18)2/h5-7,12-14H,8-10,17H2,1-4H3. The summed E-state index contributed by atoms with van der Waals surface area (Å²) in [5.74, 6) is 1.62. The third kappa shape index (κ3) is 2.93. The van der Waals surface area contributed by atoms with Gasteiger partial charge in [0.2, 0.25) is 0 Å². The summed E-state index contributed by atoms with van der Waals surface area (Å²) in [6.45, 7) is 8.58. The molecule has 1 heterocycles. The summed E-state index contributed by atoms with van der Waals surface area (Å²) in [4.78, 5) is 2.55. The van der Waals surface area contributed by atoms with E-state index in [4.69, 9.17) is 10.5 Å². The second-order valence-corrected chi connectivity index (χ2v) is 5.80. The number of hydrogen-bond acceptors (Lipinski definition) is 3. The van der Waals surface area contributed by atoms with Gasteiger partial charge in [-0.2, -0.15) is 0 Å². The van der Waals surface area contributed by atoms with Gasteiger partial charge >= 0.3 is 0 Å². The average molecular weight is 262 g/mol. The van der Waals surface area contributed by atoms with Crippen molar-refractivity contribution in [3.63, 3.8) is 0 Å². The molecule has 3 atom stereocenters. The van der Waals surface area contributed by atoms with Crippen molar-refractivity contribution in [2.75, 3.05) is 20.2 Å². The monoisotopic (exact) mass is 262 g/mol. The Morgan fingerprint density at radius 2 is 2.21 bits per heavy atom. The lowest BCUT2D eigenvalue weighted by atomic mass is 10.0. The fourth-order valence-electron chi connectivity index (χ4n) is 3.24. The Kier molecular flexibility index (Phi) is 4.48. The minimum absolute atomic E-state index is 0.376. The van der Waals surface area contributed by atoms with Gasteiger partial charge in [0, 0.05) is 24.2 Å². The maximum absolute atomic E-state index is 5.83. The summed E-state index contributed by atoms with van der Waals surface area (Å²) >= 11 is 0. The third-order valence-corrected chi connectivity index (χ3v) is 4.38. The number of benzene rings is 1. The lowest BCUT2D eigenvalue weighted by molar-refractivity contribution is 0.197. The summed E-state index contributed by atoms with van der Waals surface area (Å²) in [5.41, 5.74) is 8.39. The van der Waals surface area contributed by atoms with Crippen LogP contribution in [0.1, 0.15) is 37.4 Å². The van der Waals surface area contributed by atoms with E-state index >= 15 is 0 Å². The predicted molar refractivity (Wildman–Crippen MR) is 79.5 cm³/mol. The fourth-order valence-corrected chi connectivity index (χ4v) is 3.24. The van der Waals surface area contributed by atoms with Gasteiger partial charge in [-0.15, -0.1) is 0 Å². The quantitative estimate of drug-likeness (QED) is 0.906. The molecule has 1 aliphatic rings. The third-order valence-electron chi connectivity index (χ3n) is 4.38. The van der Waals surface area contributed by atoms with Crippen LogP contribution >= 0.6 is 0 Å². The van der Waals surface area contributed by atoms with E-state index in [-0.39, 0.29) is 0 Å². The number of likely N-dealkylation sites (tertiary alicyclic amines) is 1. The van der Waals surface area contributed by atoms with Crippen LogP contribution in [0.4, 0.5) is 0 Å². The first-order valence-corrected chi connectivity index (χ1v) is 7.17. The number of rotatable bonds is 4. The van der Waals surface area contributed by atoms with Gasteiger partial charge in [-0.3, -0.25) is 4.90 Å².